The summed E-state index contributed by atoms with van der Waals surface area (Å²) in [4.78, 5) is 13.3. The molecule has 0 bridgehead atoms. The van der Waals surface area contributed by atoms with Crippen LogP contribution in [0.15, 0.2) is 66.0 Å². The van der Waals surface area contributed by atoms with Crippen LogP contribution in [0.2, 0.25) is 0 Å². The Labute approximate surface area is 180 Å². The number of aromatic carboxylic acids is 1. The Balaban J connectivity index is 1.63. The lowest BCUT2D eigenvalue weighted by molar-refractivity contribution is 0.0683. The molecule has 0 aliphatic heterocycles. The maximum Gasteiger partial charge on any atom is 0.354 e. The zero-order chi connectivity index (χ0) is 20.5. The van der Waals surface area contributed by atoms with Crippen LogP contribution in [0.25, 0.3) is 21.6 Å². The summed E-state index contributed by atoms with van der Waals surface area (Å²) in [5, 5.41) is 16.8. The normalized spacial score (nSPS) is 11.2. The first-order valence-corrected chi connectivity index (χ1v) is 10.9. The van der Waals surface area contributed by atoms with Gasteiger partial charge in [0.2, 0.25) is 0 Å². The van der Waals surface area contributed by atoms with Crippen molar-refractivity contribution in [1.29, 1.82) is 0 Å². The second kappa shape index (κ2) is 7.81. The number of hydrogen-bond donors (Lipinski definition) is 1. The van der Waals surface area contributed by atoms with Gasteiger partial charge in [-0.05, 0) is 34.7 Å². The van der Waals surface area contributed by atoms with Crippen molar-refractivity contribution in [2.75, 3.05) is 0 Å². The number of nitrogens with zero attached hydrogens (tertiary/aromatic N) is 4. The first-order chi connectivity index (χ1) is 14.7. The molecule has 3 heterocycles. The van der Waals surface area contributed by atoms with Crippen LogP contribution < -0.4 is 0 Å². The zero-order valence-electron chi connectivity index (χ0n) is 15.7. The number of carboxylic acids is 1. The Bertz CT molecular complexity index is 1320. The molecule has 0 atom stereocenters. The second-order valence-corrected chi connectivity index (χ2v) is 8.34. The smallest absolute Gasteiger partial charge is 0.354 e. The Morgan fingerprint density at radius 2 is 1.80 bits per heavy atom. The first kappa shape index (κ1) is 18.7. The highest BCUT2D eigenvalue weighted by Crippen LogP contribution is 2.32. The highest BCUT2D eigenvalue weighted by molar-refractivity contribution is 7.13. The fraction of sp³-hybridized carbons (Fsp3) is 0.0909. The van der Waals surface area contributed by atoms with Gasteiger partial charge in [-0.3, -0.25) is 4.68 Å². The average Bonchev–Trinajstić information content (AvgIpc) is 3.48. The molecule has 0 spiro atoms. The van der Waals surface area contributed by atoms with Crippen molar-refractivity contribution in [3.8, 4) is 10.6 Å². The van der Waals surface area contributed by atoms with Gasteiger partial charge in [-0.15, -0.1) is 11.3 Å². The van der Waals surface area contributed by atoms with Crippen LogP contribution in [-0.2, 0) is 13.0 Å². The highest BCUT2D eigenvalue weighted by atomic mass is 32.1. The zero-order valence-corrected chi connectivity index (χ0v) is 17.4. The maximum absolute atomic E-state index is 12.3. The van der Waals surface area contributed by atoms with E-state index in [0.29, 0.717) is 18.5 Å². The minimum Gasteiger partial charge on any atom is -0.477 e. The van der Waals surface area contributed by atoms with Crippen molar-refractivity contribution >= 4 is 40.1 Å². The summed E-state index contributed by atoms with van der Waals surface area (Å²) in [6.45, 7) is 0.399. The summed E-state index contributed by atoms with van der Waals surface area (Å²) in [5.41, 5.74) is 5.30. The molecule has 6 nitrogen and oxygen atoms in total. The topological polar surface area (TPSA) is 80.9 Å². The lowest BCUT2D eigenvalue weighted by Crippen LogP contribution is -2.12. The number of rotatable bonds is 6. The Kier molecular flexibility index (Phi) is 4.86. The van der Waals surface area contributed by atoms with Gasteiger partial charge in [-0.2, -0.15) is 13.8 Å². The summed E-state index contributed by atoms with van der Waals surface area (Å²) in [7, 11) is 0. The predicted octanol–water partition coefficient (Wildman–Crippen LogP) is 4.95. The van der Waals surface area contributed by atoms with Crippen LogP contribution in [0.4, 0.5) is 0 Å². The van der Waals surface area contributed by atoms with E-state index in [2.05, 4.69) is 8.75 Å². The monoisotopic (exact) mass is 432 g/mol. The van der Waals surface area contributed by atoms with Crippen LogP contribution in [0.3, 0.4) is 0 Å². The van der Waals surface area contributed by atoms with Gasteiger partial charge in [0.05, 0.1) is 23.2 Å². The molecule has 1 N–H and O–H groups in total. The maximum atomic E-state index is 12.3. The van der Waals surface area contributed by atoms with E-state index in [-0.39, 0.29) is 5.69 Å². The molecule has 148 valence electrons. The summed E-state index contributed by atoms with van der Waals surface area (Å²) in [6.07, 6.45) is 0.455. The van der Waals surface area contributed by atoms with Gasteiger partial charge in [0.1, 0.15) is 16.7 Å². The minimum atomic E-state index is -0.979. The molecule has 5 rings (SSSR count). The third-order valence-corrected chi connectivity index (χ3v) is 6.32. The SMILES string of the molecule is O=C(O)c1c(Cc2ccc3nsnc3c2)c(-c2cccs2)nn1Cc1ccccc1. The minimum absolute atomic E-state index is 0.221. The van der Waals surface area contributed by atoms with E-state index in [1.165, 1.54) is 11.7 Å². The third kappa shape index (κ3) is 3.51. The standard InChI is InChI=1S/C22H16N4O2S2/c27-22(28)21-16(11-15-8-9-17-18(12-15)25-30-24-17)20(19-7-4-10-29-19)23-26(21)13-14-5-2-1-3-6-14/h1-10,12H,11,13H2,(H,27,28). The molecule has 0 saturated carbocycles. The Morgan fingerprint density at radius 1 is 0.967 bits per heavy atom. The highest BCUT2D eigenvalue weighted by Gasteiger charge is 2.25. The van der Waals surface area contributed by atoms with E-state index < -0.39 is 5.97 Å². The van der Waals surface area contributed by atoms with Gasteiger partial charge < -0.3 is 5.11 Å². The van der Waals surface area contributed by atoms with E-state index in [1.807, 2.05) is 66.0 Å². The van der Waals surface area contributed by atoms with Crippen LogP contribution >= 0.6 is 23.1 Å². The molecule has 8 heteroatoms. The molecule has 0 radical (unpaired) electrons. The molecule has 5 aromatic rings. The van der Waals surface area contributed by atoms with Gasteiger partial charge in [-0.25, -0.2) is 4.79 Å². The summed E-state index contributed by atoms with van der Waals surface area (Å²) < 4.78 is 10.2. The van der Waals surface area contributed by atoms with E-state index in [0.717, 1.165) is 32.7 Å². The van der Waals surface area contributed by atoms with Crippen molar-refractivity contribution < 1.29 is 9.90 Å². The molecule has 0 saturated heterocycles. The molecular formula is C22H16N4O2S2. The van der Waals surface area contributed by atoms with Gasteiger partial charge in [0.25, 0.3) is 0 Å². The molecular weight excluding hydrogens is 416 g/mol. The van der Waals surface area contributed by atoms with Crippen molar-refractivity contribution in [2.45, 2.75) is 13.0 Å². The van der Waals surface area contributed by atoms with Crippen LogP contribution in [-0.4, -0.2) is 29.6 Å². The second-order valence-electron chi connectivity index (χ2n) is 6.87. The lowest BCUT2D eigenvalue weighted by atomic mass is 10.0. The molecule has 0 amide bonds. The number of carboxylic acid groups (broad SMARTS) is 1. The lowest BCUT2D eigenvalue weighted by Gasteiger charge is -2.07. The van der Waals surface area contributed by atoms with E-state index in [1.54, 1.807) is 16.0 Å². The molecule has 30 heavy (non-hydrogen) atoms. The molecule has 0 unspecified atom stereocenters. The number of carbonyl (C=O) groups is 1. The van der Waals surface area contributed by atoms with Crippen molar-refractivity contribution in [3.63, 3.8) is 0 Å². The van der Waals surface area contributed by atoms with Crippen LogP contribution in [0.5, 0.6) is 0 Å². The fourth-order valence-electron chi connectivity index (χ4n) is 3.53. The van der Waals surface area contributed by atoms with E-state index >= 15 is 0 Å². The first-order valence-electron chi connectivity index (χ1n) is 9.31. The summed E-state index contributed by atoms with van der Waals surface area (Å²) >= 11 is 2.73. The molecule has 0 aliphatic rings. The Morgan fingerprint density at radius 3 is 2.57 bits per heavy atom. The van der Waals surface area contributed by atoms with Crippen molar-refractivity contribution in [1.82, 2.24) is 18.5 Å². The van der Waals surface area contributed by atoms with E-state index in [4.69, 9.17) is 5.10 Å². The number of thiophene rings is 1. The summed E-state index contributed by atoms with van der Waals surface area (Å²) in [6, 6.07) is 19.6. The molecule has 3 aromatic heterocycles. The van der Waals surface area contributed by atoms with Gasteiger partial charge in [0.15, 0.2) is 5.69 Å². The predicted molar refractivity (Wildman–Crippen MR) is 118 cm³/mol. The van der Waals surface area contributed by atoms with Gasteiger partial charge in [-0.1, -0.05) is 42.5 Å². The quantitative estimate of drug-likeness (QED) is 0.410. The third-order valence-electron chi connectivity index (χ3n) is 4.88. The number of hydrogen-bond acceptors (Lipinski definition) is 6. The largest absolute Gasteiger partial charge is 0.477 e. The number of aromatic nitrogens is 4. The number of fused-ring (bicyclic) bond motifs is 1. The molecule has 0 aliphatic carbocycles. The van der Waals surface area contributed by atoms with Gasteiger partial charge in [0, 0.05) is 12.0 Å². The van der Waals surface area contributed by atoms with Crippen molar-refractivity contribution in [2.24, 2.45) is 0 Å². The van der Waals surface area contributed by atoms with E-state index in [9.17, 15) is 9.90 Å². The van der Waals surface area contributed by atoms with Crippen LogP contribution in [0.1, 0.15) is 27.2 Å². The van der Waals surface area contributed by atoms with Crippen LogP contribution in [0, 0.1) is 0 Å². The molecule has 2 aromatic carbocycles. The fourth-order valence-corrected chi connectivity index (χ4v) is 4.78. The Hall–Kier alpha value is -3.36. The average molecular weight is 433 g/mol. The number of benzene rings is 2. The van der Waals surface area contributed by atoms with Gasteiger partial charge >= 0.3 is 5.97 Å². The summed E-state index contributed by atoms with van der Waals surface area (Å²) in [5.74, 6) is -0.979. The molecule has 0 fully saturated rings. The van der Waals surface area contributed by atoms with Crippen molar-refractivity contribution in [3.05, 3.63) is 88.4 Å².